The third-order valence-corrected chi connectivity index (χ3v) is 7.69. The fraction of sp³-hybridized carbons (Fsp3) is 0.333. The van der Waals surface area contributed by atoms with Crippen LogP contribution in [0.3, 0.4) is 0 Å². The Balaban J connectivity index is 1.35. The van der Waals surface area contributed by atoms with Crippen molar-refractivity contribution in [3.8, 4) is 11.1 Å². The quantitative estimate of drug-likeness (QED) is 0.419. The highest BCUT2D eigenvalue weighted by Crippen LogP contribution is 2.41. The lowest BCUT2D eigenvalue weighted by Crippen LogP contribution is -2.41. The van der Waals surface area contributed by atoms with Crippen molar-refractivity contribution < 1.29 is 4.74 Å². The van der Waals surface area contributed by atoms with Crippen LogP contribution in [0.25, 0.3) is 38.8 Å². The molecule has 1 N–H and O–H groups in total. The van der Waals surface area contributed by atoms with Gasteiger partial charge in [-0.2, -0.15) is 4.98 Å². The maximum atomic E-state index is 6.79. The Kier molecular flexibility index (Phi) is 4.16. The number of piperidine rings is 1. The summed E-state index contributed by atoms with van der Waals surface area (Å²) in [6.07, 6.45) is 12.6. The van der Waals surface area contributed by atoms with Crippen molar-refractivity contribution in [1.82, 2.24) is 29.3 Å². The van der Waals surface area contributed by atoms with Gasteiger partial charge in [0.1, 0.15) is 11.2 Å². The minimum absolute atomic E-state index is 0.351. The summed E-state index contributed by atoms with van der Waals surface area (Å²) in [5.74, 6) is 0.924. The molecule has 4 aromatic heterocycles. The minimum atomic E-state index is 0.351. The number of fused-ring (bicyclic) bond motifs is 4. The molecule has 0 amide bonds. The van der Waals surface area contributed by atoms with E-state index in [1.54, 1.807) is 12.4 Å². The molecule has 0 aliphatic carbocycles. The molecule has 8 nitrogen and oxygen atoms in total. The van der Waals surface area contributed by atoms with Crippen LogP contribution in [0, 0.1) is 5.41 Å². The normalized spacial score (nSPS) is 18.3. The summed E-state index contributed by atoms with van der Waals surface area (Å²) in [6.45, 7) is 3.73. The predicted molar refractivity (Wildman–Crippen MR) is 128 cm³/mol. The van der Waals surface area contributed by atoms with Crippen LogP contribution < -0.4 is 4.90 Å². The monoisotopic (exact) mass is 459 g/mol. The van der Waals surface area contributed by atoms with Crippen LogP contribution in [-0.4, -0.2) is 55.6 Å². The Labute approximate surface area is 194 Å². The molecule has 0 unspecified atom stereocenters. The summed E-state index contributed by atoms with van der Waals surface area (Å²) >= 11 is 6.79. The molecular weight excluding hydrogens is 438 g/mol. The van der Waals surface area contributed by atoms with E-state index in [9.17, 15) is 0 Å². The third-order valence-electron chi connectivity index (χ3n) is 7.31. The lowest BCUT2D eigenvalue weighted by Gasteiger charge is -2.38. The molecule has 2 aliphatic rings. The van der Waals surface area contributed by atoms with Crippen molar-refractivity contribution in [1.29, 1.82) is 0 Å². The number of nitrogens with one attached hydrogen (secondary N) is 1. The van der Waals surface area contributed by atoms with E-state index in [0.717, 1.165) is 78.4 Å². The number of H-pyrrole nitrogens is 1. The van der Waals surface area contributed by atoms with E-state index in [1.807, 2.05) is 30.7 Å². The van der Waals surface area contributed by atoms with Crippen molar-refractivity contribution in [2.75, 3.05) is 31.2 Å². The van der Waals surface area contributed by atoms with Gasteiger partial charge in [-0.1, -0.05) is 17.7 Å². The fourth-order valence-corrected chi connectivity index (χ4v) is 5.71. The molecule has 0 atom stereocenters. The maximum Gasteiger partial charge on any atom is 0.213 e. The zero-order valence-corrected chi connectivity index (χ0v) is 18.7. The standard InChI is InChI=1S/C24H22ClN7O/c25-19-15(1-2-17-20(19)27-7-6-26-17)16-13-29-21-18(16)22-28-8-11-32(22)23(30-21)31-9-3-24(4-10-31)5-12-33-14-24/h1-2,6-8,11,13,29H,3-5,9-10,12,14H2. The smallest absolute Gasteiger partial charge is 0.213 e. The summed E-state index contributed by atoms with van der Waals surface area (Å²) in [5.41, 5.74) is 5.32. The highest BCUT2D eigenvalue weighted by Gasteiger charge is 2.38. The van der Waals surface area contributed by atoms with Gasteiger partial charge >= 0.3 is 0 Å². The highest BCUT2D eigenvalue weighted by molar-refractivity contribution is 6.38. The zero-order valence-electron chi connectivity index (χ0n) is 18.0. The Morgan fingerprint density at radius 3 is 2.73 bits per heavy atom. The molecule has 7 rings (SSSR count). The Morgan fingerprint density at radius 2 is 1.88 bits per heavy atom. The van der Waals surface area contributed by atoms with Crippen LogP contribution in [0.1, 0.15) is 19.3 Å². The zero-order chi connectivity index (χ0) is 22.0. The second kappa shape index (κ2) is 7.13. The van der Waals surface area contributed by atoms with Crippen LogP contribution in [0.15, 0.2) is 43.1 Å². The van der Waals surface area contributed by atoms with Crippen LogP contribution in [0.5, 0.6) is 0 Å². The Hall–Kier alpha value is -3.23. The number of rotatable bonds is 2. The number of nitrogens with zero attached hydrogens (tertiary/aromatic N) is 6. The first-order chi connectivity index (χ1) is 16.2. The number of ether oxygens (including phenoxy) is 1. The van der Waals surface area contributed by atoms with Gasteiger partial charge in [-0.3, -0.25) is 14.4 Å². The van der Waals surface area contributed by atoms with Crippen LogP contribution in [0.4, 0.5) is 5.95 Å². The second-order valence-corrected chi connectivity index (χ2v) is 9.48. The second-order valence-electron chi connectivity index (χ2n) is 9.10. The SMILES string of the molecule is Clc1c(-c2c[nH]c3nc(N4CCC5(CCOC5)CC4)n4ccnc4c23)ccc2nccnc12. The first kappa shape index (κ1) is 19.3. The maximum absolute atomic E-state index is 6.79. The Bertz CT molecular complexity index is 1510. The van der Waals surface area contributed by atoms with Crippen molar-refractivity contribution >= 4 is 45.3 Å². The summed E-state index contributed by atoms with van der Waals surface area (Å²) in [6, 6.07) is 3.94. The van der Waals surface area contributed by atoms with Crippen molar-refractivity contribution in [3.63, 3.8) is 0 Å². The van der Waals surface area contributed by atoms with Gasteiger partial charge in [-0.15, -0.1) is 0 Å². The molecule has 2 saturated heterocycles. The summed E-state index contributed by atoms with van der Waals surface area (Å²) in [4.78, 5) is 24.3. The van der Waals surface area contributed by atoms with E-state index in [4.69, 9.17) is 26.3 Å². The van der Waals surface area contributed by atoms with Crippen LogP contribution in [-0.2, 0) is 4.74 Å². The number of aromatic amines is 1. The molecule has 1 aromatic carbocycles. The van der Waals surface area contributed by atoms with E-state index >= 15 is 0 Å². The third kappa shape index (κ3) is 2.87. The first-order valence-corrected chi connectivity index (χ1v) is 11.7. The molecule has 6 heterocycles. The van der Waals surface area contributed by atoms with Crippen molar-refractivity contribution in [2.45, 2.75) is 19.3 Å². The van der Waals surface area contributed by atoms with Gasteiger partial charge in [-0.05, 0) is 30.7 Å². The lowest BCUT2D eigenvalue weighted by atomic mass is 9.78. The molecule has 2 fully saturated rings. The predicted octanol–water partition coefficient (Wildman–Crippen LogP) is 4.48. The molecule has 0 bridgehead atoms. The molecule has 33 heavy (non-hydrogen) atoms. The fourth-order valence-electron chi connectivity index (χ4n) is 5.40. The van der Waals surface area contributed by atoms with Gasteiger partial charge in [0.2, 0.25) is 5.95 Å². The Morgan fingerprint density at radius 1 is 1.00 bits per heavy atom. The molecule has 9 heteroatoms. The summed E-state index contributed by atoms with van der Waals surface area (Å²) in [7, 11) is 0. The first-order valence-electron chi connectivity index (χ1n) is 11.3. The number of benzene rings is 1. The molecule has 1 spiro atoms. The number of hydrogen-bond donors (Lipinski definition) is 1. The average Bonchev–Trinajstić information content (AvgIpc) is 3.59. The summed E-state index contributed by atoms with van der Waals surface area (Å²) < 4.78 is 7.80. The van der Waals surface area contributed by atoms with E-state index in [1.165, 1.54) is 6.42 Å². The van der Waals surface area contributed by atoms with E-state index in [-0.39, 0.29) is 0 Å². The minimum Gasteiger partial charge on any atom is -0.381 e. The van der Waals surface area contributed by atoms with E-state index < -0.39 is 0 Å². The van der Waals surface area contributed by atoms with Gasteiger partial charge in [-0.25, -0.2) is 4.98 Å². The van der Waals surface area contributed by atoms with Gasteiger partial charge in [0.05, 0.1) is 22.5 Å². The van der Waals surface area contributed by atoms with Gasteiger partial charge in [0.15, 0.2) is 5.65 Å². The molecule has 0 radical (unpaired) electrons. The summed E-state index contributed by atoms with van der Waals surface area (Å²) in [5, 5.41) is 1.53. The number of hydrogen-bond acceptors (Lipinski definition) is 6. The number of anilines is 1. The van der Waals surface area contributed by atoms with Gasteiger partial charge in [0, 0.05) is 61.8 Å². The van der Waals surface area contributed by atoms with E-state index in [2.05, 4.69) is 24.3 Å². The number of imidazole rings is 1. The topological polar surface area (TPSA) is 84.2 Å². The number of halogens is 1. The average molecular weight is 460 g/mol. The lowest BCUT2D eigenvalue weighted by molar-refractivity contribution is 0.133. The molecular formula is C24H22ClN7O. The molecule has 166 valence electrons. The van der Waals surface area contributed by atoms with E-state index in [0.29, 0.717) is 16.0 Å². The van der Waals surface area contributed by atoms with Gasteiger partial charge in [0.25, 0.3) is 0 Å². The molecule has 2 aliphatic heterocycles. The molecule has 0 saturated carbocycles. The van der Waals surface area contributed by atoms with Gasteiger partial charge < -0.3 is 14.6 Å². The highest BCUT2D eigenvalue weighted by atomic mass is 35.5. The van der Waals surface area contributed by atoms with Crippen LogP contribution >= 0.6 is 11.6 Å². The number of aromatic nitrogens is 6. The van der Waals surface area contributed by atoms with Crippen LogP contribution in [0.2, 0.25) is 5.02 Å². The van der Waals surface area contributed by atoms with Crippen molar-refractivity contribution in [2.24, 2.45) is 5.41 Å². The molecule has 5 aromatic rings. The van der Waals surface area contributed by atoms with Crippen molar-refractivity contribution in [3.05, 3.63) is 48.1 Å². The largest absolute Gasteiger partial charge is 0.381 e.